The van der Waals surface area contributed by atoms with Crippen LogP contribution < -0.4 is 5.32 Å². The summed E-state index contributed by atoms with van der Waals surface area (Å²) in [5.41, 5.74) is 3.78. The molecule has 1 amide bonds. The molecule has 3 heteroatoms. The van der Waals surface area contributed by atoms with Crippen molar-refractivity contribution in [2.45, 2.75) is 39.7 Å². The topological polar surface area (TPSA) is 32.3 Å². The van der Waals surface area contributed by atoms with Crippen molar-refractivity contribution in [2.75, 3.05) is 18.4 Å². The van der Waals surface area contributed by atoms with E-state index in [0.29, 0.717) is 6.04 Å². The minimum Gasteiger partial charge on any atom is -0.381 e. The number of nitrogens with one attached hydrogen (secondary N) is 1. The highest BCUT2D eigenvalue weighted by atomic mass is 16.2. The molecule has 1 aliphatic heterocycles. The molecule has 1 heterocycles. The molecule has 1 aromatic carbocycles. The molecule has 1 N–H and O–H groups in total. The highest BCUT2D eigenvalue weighted by Crippen LogP contribution is 2.19. The zero-order valence-electron chi connectivity index (χ0n) is 11.5. The Labute approximate surface area is 109 Å². The predicted octanol–water partition coefficient (Wildman–Crippen LogP) is 2.73. The molecule has 3 nitrogen and oxygen atoms in total. The fourth-order valence-electron chi connectivity index (χ4n) is 2.45. The number of piperidine rings is 1. The van der Waals surface area contributed by atoms with Crippen molar-refractivity contribution in [3.05, 3.63) is 29.3 Å². The van der Waals surface area contributed by atoms with Gasteiger partial charge in [0.2, 0.25) is 5.91 Å². The largest absolute Gasteiger partial charge is 0.381 e. The lowest BCUT2D eigenvalue weighted by Gasteiger charge is -2.33. The molecule has 1 saturated heterocycles. The van der Waals surface area contributed by atoms with E-state index >= 15 is 0 Å². The molecule has 0 aliphatic carbocycles. The van der Waals surface area contributed by atoms with Gasteiger partial charge in [-0.1, -0.05) is 6.07 Å². The molecular formula is C15H22N2O. The number of rotatable bonds is 2. The SMILES string of the molecule is CC(=O)N1CCC[C@@H](Nc2ccc(C)c(C)c2)C1. The Morgan fingerprint density at radius 3 is 2.78 bits per heavy atom. The molecule has 0 aromatic heterocycles. The second-order valence-electron chi connectivity index (χ2n) is 5.25. The number of carbonyl (C=O) groups excluding carboxylic acids is 1. The van der Waals surface area contributed by atoms with E-state index in [1.807, 2.05) is 4.90 Å². The van der Waals surface area contributed by atoms with Gasteiger partial charge in [0.1, 0.15) is 0 Å². The zero-order valence-corrected chi connectivity index (χ0v) is 11.5. The van der Waals surface area contributed by atoms with Gasteiger partial charge in [-0.2, -0.15) is 0 Å². The number of likely N-dealkylation sites (tertiary alicyclic amines) is 1. The van der Waals surface area contributed by atoms with Crippen molar-refractivity contribution < 1.29 is 4.79 Å². The van der Waals surface area contributed by atoms with Crippen LogP contribution >= 0.6 is 0 Å². The monoisotopic (exact) mass is 246 g/mol. The van der Waals surface area contributed by atoms with Gasteiger partial charge in [0.05, 0.1) is 0 Å². The summed E-state index contributed by atoms with van der Waals surface area (Å²) in [6, 6.07) is 6.82. The van der Waals surface area contributed by atoms with Crippen molar-refractivity contribution in [1.29, 1.82) is 0 Å². The molecule has 2 rings (SSSR count). The Balaban J connectivity index is 2.00. The fourth-order valence-corrected chi connectivity index (χ4v) is 2.45. The molecule has 1 atom stereocenters. The van der Waals surface area contributed by atoms with Crippen LogP contribution in [0.1, 0.15) is 30.9 Å². The normalized spacial score (nSPS) is 19.7. The molecule has 0 saturated carbocycles. The Morgan fingerprint density at radius 2 is 2.11 bits per heavy atom. The van der Waals surface area contributed by atoms with Crippen LogP contribution in [0.2, 0.25) is 0 Å². The average molecular weight is 246 g/mol. The fraction of sp³-hybridized carbons (Fsp3) is 0.533. The van der Waals surface area contributed by atoms with Crippen LogP contribution in [-0.2, 0) is 4.79 Å². The van der Waals surface area contributed by atoms with Crippen LogP contribution in [0.3, 0.4) is 0 Å². The maximum atomic E-state index is 11.4. The van der Waals surface area contributed by atoms with Crippen LogP contribution in [0, 0.1) is 13.8 Å². The smallest absolute Gasteiger partial charge is 0.219 e. The summed E-state index contributed by atoms with van der Waals surface area (Å²) in [7, 11) is 0. The highest BCUT2D eigenvalue weighted by molar-refractivity contribution is 5.73. The average Bonchev–Trinajstić information content (AvgIpc) is 2.34. The van der Waals surface area contributed by atoms with E-state index in [0.717, 1.165) is 31.6 Å². The van der Waals surface area contributed by atoms with E-state index in [-0.39, 0.29) is 5.91 Å². The Kier molecular flexibility index (Phi) is 3.90. The Hall–Kier alpha value is -1.51. The maximum absolute atomic E-state index is 11.4. The summed E-state index contributed by atoms with van der Waals surface area (Å²) in [6.07, 6.45) is 2.22. The molecule has 18 heavy (non-hydrogen) atoms. The van der Waals surface area contributed by atoms with E-state index in [9.17, 15) is 4.79 Å². The minimum atomic E-state index is 0.182. The van der Waals surface area contributed by atoms with Crippen LogP contribution in [-0.4, -0.2) is 29.9 Å². The second-order valence-corrected chi connectivity index (χ2v) is 5.25. The first kappa shape index (κ1) is 12.9. The third-order valence-corrected chi connectivity index (χ3v) is 3.74. The van der Waals surface area contributed by atoms with Gasteiger partial charge in [-0.05, 0) is 49.9 Å². The predicted molar refractivity (Wildman–Crippen MR) is 74.8 cm³/mol. The second kappa shape index (κ2) is 5.42. The summed E-state index contributed by atoms with van der Waals surface area (Å²) >= 11 is 0. The van der Waals surface area contributed by atoms with E-state index < -0.39 is 0 Å². The van der Waals surface area contributed by atoms with Gasteiger partial charge in [0.25, 0.3) is 0 Å². The number of amides is 1. The van der Waals surface area contributed by atoms with Gasteiger partial charge in [0.15, 0.2) is 0 Å². The lowest BCUT2D eigenvalue weighted by Crippen LogP contribution is -2.44. The molecule has 1 fully saturated rings. The molecule has 0 radical (unpaired) electrons. The van der Waals surface area contributed by atoms with Crippen molar-refractivity contribution in [2.24, 2.45) is 0 Å². The summed E-state index contributed by atoms with van der Waals surface area (Å²) < 4.78 is 0. The maximum Gasteiger partial charge on any atom is 0.219 e. The number of hydrogen-bond acceptors (Lipinski definition) is 2. The zero-order chi connectivity index (χ0) is 13.1. The summed E-state index contributed by atoms with van der Waals surface area (Å²) in [4.78, 5) is 13.3. The Bertz CT molecular complexity index is 442. The molecule has 1 aliphatic rings. The van der Waals surface area contributed by atoms with Gasteiger partial charge < -0.3 is 10.2 Å². The number of nitrogens with zero attached hydrogens (tertiary/aromatic N) is 1. The van der Waals surface area contributed by atoms with Crippen molar-refractivity contribution >= 4 is 11.6 Å². The molecule has 0 spiro atoms. The first-order valence-corrected chi connectivity index (χ1v) is 6.65. The van der Waals surface area contributed by atoms with Gasteiger partial charge in [-0.25, -0.2) is 0 Å². The van der Waals surface area contributed by atoms with Crippen molar-refractivity contribution in [3.63, 3.8) is 0 Å². The van der Waals surface area contributed by atoms with Gasteiger partial charge in [-0.15, -0.1) is 0 Å². The quantitative estimate of drug-likeness (QED) is 0.870. The standard InChI is InChI=1S/C15H22N2O/c1-11-6-7-14(9-12(11)2)16-15-5-4-8-17(10-15)13(3)18/h6-7,9,15-16H,4-5,8,10H2,1-3H3/t15-/m1/s1. The Morgan fingerprint density at radius 1 is 1.33 bits per heavy atom. The lowest BCUT2D eigenvalue weighted by atomic mass is 10.0. The molecule has 98 valence electrons. The lowest BCUT2D eigenvalue weighted by molar-refractivity contribution is -0.129. The van der Waals surface area contributed by atoms with Crippen LogP contribution in [0.5, 0.6) is 0 Å². The van der Waals surface area contributed by atoms with Gasteiger partial charge >= 0.3 is 0 Å². The summed E-state index contributed by atoms with van der Waals surface area (Å²) in [5, 5.41) is 3.54. The third kappa shape index (κ3) is 3.03. The van der Waals surface area contributed by atoms with E-state index in [1.165, 1.54) is 11.1 Å². The number of anilines is 1. The number of carbonyl (C=O) groups is 1. The van der Waals surface area contributed by atoms with Crippen LogP contribution in [0.25, 0.3) is 0 Å². The third-order valence-electron chi connectivity index (χ3n) is 3.74. The van der Waals surface area contributed by atoms with E-state index in [1.54, 1.807) is 6.92 Å². The van der Waals surface area contributed by atoms with E-state index in [4.69, 9.17) is 0 Å². The first-order valence-electron chi connectivity index (χ1n) is 6.65. The molecular weight excluding hydrogens is 224 g/mol. The van der Waals surface area contributed by atoms with Crippen molar-refractivity contribution in [3.8, 4) is 0 Å². The molecule has 0 unspecified atom stereocenters. The van der Waals surface area contributed by atoms with Crippen LogP contribution in [0.4, 0.5) is 5.69 Å². The van der Waals surface area contributed by atoms with Crippen LogP contribution in [0.15, 0.2) is 18.2 Å². The molecule has 0 bridgehead atoms. The molecule has 1 aromatic rings. The highest BCUT2D eigenvalue weighted by Gasteiger charge is 2.21. The van der Waals surface area contributed by atoms with Gasteiger partial charge in [-0.3, -0.25) is 4.79 Å². The first-order chi connectivity index (χ1) is 8.56. The number of aryl methyl sites for hydroxylation is 2. The number of benzene rings is 1. The van der Waals surface area contributed by atoms with Gasteiger partial charge in [0, 0.05) is 31.7 Å². The summed E-state index contributed by atoms with van der Waals surface area (Å²) in [6.45, 7) is 7.63. The summed E-state index contributed by atoms with van der Waals surface area (Å²) in [5.74, 6) is 0.182. The number of hydrogen-bond donors (Lipinski definition) is 1. The van der Waals surface area contributed by atoms with E-state index in [2.05, 4.69) is 37.4 Å². The van der Waals surface area contributed by atoms with Crippen molar-refractivity contribution in [1.82, 2.24) is 4.90 Å². The minimum absolute atomic E-state index is 0.182.